The number of nitrogens with zero attached hydrogens (tertiary/aromatic N) is 4. The van der Waals surface area contributed by atoms with Crippen molar-refractivity contribution >= 4 is 31.2 Å². The van der Waals surface area contributed by atoms with Gasteiger partial charge in [-0.15, -0.1) is 0 Å². The minimum atomic E-state index is -4.68. The monoisotopic (exact) mass is 531 g/mol. The average molecular weight is 532 g/mol. The molecule has 3 heterocycles. The fraction of sp³-hybridized carbons (Fsp3) is 0.417. The number of nitrogens with one attached hydrogen (secondary N) is 1. The summed E-state index contributed by atoms with van der Waals surface area (Å²) in [6, 6.07) is 11.4. The molecule has 3 amide bonds. The van der Waals surface area contributed by atoms with E-state index in [1.54, 1.807) is 6.07 Å². The highest BCUT2D eigenvalue weighted by atomic mass is 31.2. The molecule has 12 nitrogen and oxygen atoms in total. The fourth-order valence-corrected chi connectivity index (χ4v) is 5.26. The standard InChI is InChI=1S/C24H30N5O7P/c30-22(26-21(16-37(34,35)36)23(31)28-10-12-29(13-11-28)24(32)33)20-15-18(27-8-4-5-9-27)14-19(25-20)17-6-2-1-3-7-17/h1-3,6-7,14-15,21H,4-5,8-13,16H2,(H,26,30)(H,32,33)(H2,34,35,36)/t21-/m0/s1. The van der Waals surface area contributed by atoms with Crippen molar-refractivity contribution in [2.45, 2.75) is 18.9 Å². The minimum absolute atomic E-state index is 0.0301. The van der Waals surface area contributed by atoms with Gasteiger partial charge in [-0.25, -0.2) is 9.78 Å². The van der Waals surface area contributed by atoms with E-state index in [9.17, 15) is 28.7 Å². The molecule has 4 rings (SSSR count). The maximum Gasteiger partial charge on any atom is 0.407 e. The van der Waals surface area contributed by atoms with Crippen molar-refractivity contribution in [2.24, 2.45) is 0 Å². The summed E-state index contributed by atoms with van der Waals surface area (Å²) < 4.78 is 11.8. The summed E-state index contributed by atoms with van der Waals surface area (Å²) in [5.41, 5.74) is 2.20. The zero-order valence-electron chi connectivity index (χ0n) is 20.2. The average Bonchev–Trinajstić information content (AvgIpc) is 3.42. The maximum atomic E-state index is 13.3. The minimum Gasteiger partial charge on any atom is -0.465 e. The van der Waals surface area contributed by atoms with Gasteiger partial charge >= 0.3 is 13.7 Å². The Hall–Kier alpha value is -3.47. The van der Waals surface area contributed by atoms with Gasteiger partial charge in [0.05, 0.1) is 11.9 Å². The van der Waals surface area contributed by atoms with Crippen LogP contribution in [0.15, 0.2) is 42.5 Å². The first-order valence-electron chi connectivity index (χ1n) is 12.1. The predicted molar refractivity (Wildman–Crippen MR) is 135 cm³/mol. The molecule has 37 heavy (non-hydrogen) atoms. The number of carbonyl (C=O) groups excluding carboxylic acids is 2. The van der Waals surface area contributed by atoms with E-state index >= 15 is 0 Å². The number of piperazine rings is 1. The number of hydrogen-bond acceptors (Lipinski definition) is 6. The van der Waals surface area contributed by atoms with Crippen LogP contribution < -0.4 is 10.2 Å². The Morgan fingerprint density at radius 3 is 2.16 bits per heavy atom. The molecule has 2 aliphatic rings. The lowest BCUT2D eigenvalue weighted by molar-refractivity contribution is -0.134. The number of hydrogen-bond donors (Lipinski definition) is 4. The van der Waals surface area contributed by atoms with Gasteiger partial charge in [0.1, 0.15) is 11.7 Å². The van der Waals surface area contributed by atoms with Crippen LogP contribution in [0.4, 0.5) is 10.5 Å². The van der Waals surface area contributed by atoms with Gasteiger partial charge in [-0.2, -0.15) is 0 Å². The quantitative estimate of drug-likeness (QED) is 0.387. The molecule has 2 fully saturated rings. The van der Waals surface area contributed by atoms with Crippen molar-refractivity contribution in [3.8, 4) is 11.3 Å². The zero-order valence-corrected chi connectivity index (χ0v) is 21.1. The van der Waals surface area contributed by atoms with Gasteiger partial charge in [-0.1, -0.05) is 30.3 Å². The van der Waals surface area contributed by atoms with Crippen molar-refractivity contribution in [3.05, 3.63) is 48.2 Å². The number of benzene rings is 1. The second-order valence-corrected chi connectivity index (χ2v) is 10.8. The number of carbonyl (C=O) groups is 3. The van der Waals surface area contributed by atoms with Crippen LogP contribution in [0, 0.1) is 0 Å². The highest BCUT2D eigenvalue weighted by Gasteiger charge is 2.34. The topological polar surface area (TPSA) is 164 Å². The van der Waals surface area contributed by atoms with Crippen LogP contribution in [-0.4, -0.2) is 99.1 Å². The summed E-state index contributed by atoms with van der Waals surface area (Å²) in [5.74, 6) is -1.41. The van der Waals surface area contributed by atoms with Crippen molar-refractivity contribution in [3.63, 3.8) is 0 Å². The third-order valence-corrected chi connectivity index (χ3v) is 7.31. The van der Waals surface area contributed by atoms with Gasteiger partial charge in [0.2, 0.25) is 5.91 Å². The van der Waals surface area contributed by atoms with E-state index in [2.05, 4.69) is 15.2 Å². The Morgan fingerprint density at radius 1 is 0.946 bits per heavy atom. The summed E-state index contributed by atoms with van der Waals surface area (Å²) in [7, 11) is -4.68. The summed E-state index contributed by atoms with van der Waals surface area (Å²) in [4.78, 5) is 65.9. The Labute approximate surface area is 214 Å². The van der Waals surface area contributed by atoms with E-state index in [0.29, 0.717) is 5.69 Å². The van der Waals surface area contributed by atoms with Crippen LogP contribution in [0.2, 0.25) is 0 Å². The van der Waals surface area contributed by atoms with Crippen LogP contribution in [-0.2, 0) is 9.36 Å². The Balaban J connectivity index is 1.59. The number of aromatic nitrogens is 1. The molecule has 2 aromatic rings. The van der Waals surface area contributed by atoms with Crippen LogP contribution in [0.25, 0.3) is 11.3 Å². The molecule has 4 N–H and O–H groups in total. The van der Waals surface area contributed by atoms with Gasteiger partial charge in [-0.3, -0.25) is 14.2 Å². The number of pyridine rings is 1. The molecule has 1 aromatic heterocycles. The van der Waals surface area contributed by atoms with E-state index in [1.165, 1.54) is 4.90 Å². The third-order valence-electron chi connectivity index (χ3n) is 6.47. The van der Waals surface area contributed by atoms with Crippen molar-refractivity contribution < 1.29 is 33.8 Å². The molecule has 0 saturated carbocycles. The fourth-order valence-electron chi connectivity index (χ4n) is 4.54. The predicted octanol–water partition coefficient (Wildman–Crippen LogP) is 1.45. The van der Waals surface area contributed by atoms with Crippen molar-refractivity contribution in [2.75, 3.05) is 50.3 Å². The molecular formula is C24H30N5O7P. The van der Waals surface area contributed by atoms with Crippen LogP contribution in [0.3, 0.4) is 0 Å². The molecule has 13 heteroatoms. The highest BCUT2D eigenvalue weighted by Crippen LogP contribution is 2.35. The smallest absolute Gasteiger partial charge is 0.407 e. The molecule has 2 saturated heterocycles. The summed E-state index contributed by atoms with van der Waals surface area (Å²) in [6.45, 7) is 1.91. The molecule has 0 bridgehead atoms. The molecule has 198 valence electrons. The van der Waals surface area contributed by atoms with Crippen LogP contribution in [0.5, 0.6) is 0 Å². The molecular weight excluding hydrogens is 501 g/mol. The largest absolute Gasteiger partial charge is 0.465 e. The van der Waals surface area contributed by atoms with Gasteiger partial charge in [-0.05, 0) is 25.0 Å². The Bertz CT molecular complexity index is 1190. The van der Waals surface area contributed by atoms with Crippen molar-refractivity contribution in [1.82, 2.24) is 20.1 Å². The first-order chi connectivity index (χ1) is 17.6. The first-order valence-corrected chi connectivity index (χ1v) is 13.8. The van der Waals surface area contributed by atoms with E-state index in [1.807, 2.05) is 36.4 Å². The molecule has 0 radical (unpaired) electrons. The van der Waals surface area contributed by atoms with Gasteiger partial charge < -0.3 is 34.9 Å². The molecule has 0 unspecified atom stereocenters. The summed E-state index contributed by atoms with van der Waals surface area (Å²) in [6.07, 6.45) is 0.0656. The Kier molecular flexibility index (Phi) is 8.11. The number of anilines is 1. The molecule has 1 atom stereocenters. The van der Waals surface area contributed by atoms with E-state index < -0.39 is 37.7 Å². The first kappa shape index (κ1) is 26.6. The van der Waals surface area contributed by atoms with Crippen LogP contribution >= 0.6 is 7.60 Å². The highest BCUT2D eigenvalue weighted by molar-refractivity contribution is 7.51. The van der Waals surface area contributed by atoms with Crippen LogP contribution in [0.1, 0.15) is 23.3 Å². The molecule has 2 aliphatic heterocycles. The van der Waals surface area contributed by atoms with Crippen molar-refractivity contribution in [1.29, 1.82) is 0 Å². The van der Waals surface area contributed by atoms with E-state index in [4.69, 9.17) is 5.11 Å². The van der Waals surface area contributed by atoms with Gasteiger partial charge in [0, 0.05) is 50.5 Å². The summed E-state index contributed by atoms with van der Waals surface area (Å²) in [5, 5.41) is 11.6. The van der Waals surface area contributed by atoms with Gasteiger partial charge in [0.25, 0.3) is 5.91 Å². The lowest BCUT2D eigenvalue weighted by atomic mass is 10.1. The number of amides is 3. The zero-order chi connectivity index (χ0) is 26.6. The normalized spacial score (nSPS) is 17.0. The van der Waals surface area contributed by atoms with E-state index in [-0.39, 0.29) is 31.9 Å². The lowest BCUT2D eigenvalue weighted by Gasteiger charge is -2.35. The number of rotatable bonds is 7. The summed E-state index contributed by atoms with van der Waals surface area (Å²) >= 11 is 0. The molecule has 0 aliphatic carbocycles. The Morgan fingerprint density at radius 2 is 1.57 bits per heavy atom. The van der Waals surface area contributed by atoms with E-state index in [0.717, 1.165) is 42.1 Å². The third kappa shape index (κ3) is 6.85. The maximum absolute atomic E-state index is 13.3. The lowest BCUT2D eigenvalue weighted by Crippen LogP contribution is -2.56. The molecule has 0 spiro atoms. The second-order valence-electron chi connectivity index (χ2n) is 9.12. The second kappa shape index (κ2) is 11.3. The SMILES string of the molecule is O=C(N[C@@H](CP(=O)(O)O)C(=O)N1CCN(C(=O)O)CC1)c1cc(N2CCCC2)cc(-c2ccccc2)n1. The number of carboxylic acid groups (broad SMARTS) is 1. The molecule has 1 aromatic carbocycles. The van der Waals surface area contributed by atoms with Gasteiger partial charge in [0.15, 0.2) is 0 Å².